The monoisotopic (exact) mass is 207 g/mol. The smallest absolute Gasteiger partial charge is 0.137 e. The van der Waals surface area contributed by atoms with Gasteiger partial charge in [0.05, 0.1) is 11.6 Å². The number of hydrogen-bond donors (Lipinski definition) is 1. The largest absolute Gasteiger partial charge is 0.464 e. The fourth-order valence-corrected chi connectivity index (χ4v) is 1.75. The topological polar surface area (TPSA) is 25.2 Å². The Morgan fingerprint density at radius 2 is 2.27 bits per heavy atom. The van der Waals surface area contributed by atoms with Crippen LogP contribution in [0.3, 0.4) is 0 Å². The van der Waals surface area contributed by atoms with E-state index in [2.05, 4.69) is 5.32 Å². The van der Waals surface area contributed by atoms with Crippen molar-refractivity contribution in [2.75, 3.05) is 13.6 Å². The summed E-state index contributed by atoms with van der Waals surface area (Å²) in [7, 11) is 1.91. The van der Waals surface area contributed by atoms with Crippen molar-refractivity contribution in [2.45, 2.75) is 12.8 Å². The second kappa shape index (κ2) is 4.45. The van der Waals surface area contributed by atoms with E-state index in [0.29, 0.717) is 11.0 Å². The van der Waals surface area contributed by atoms with E-state index < -0.39 is 0 Å². The van der Waals surface area contributed by atoms with Gasteiger partial charge in [0, 0.05) is 5.56 Å². The number of aryl methyl sites for hydroxylation is 1. The first kappa shape index (κ1) is 10.2. The molecule has 0 radical (unpaired) electrons. The van der Waals surface area contributed by atoms with Gasteiger partial charge in [0.2, 0.25) is 0 Å². The molecule has 2 nitrogen and oxygen atoms in total. The lowest BCUT2D eigenvalue weighted by Crippen LogP contribution is -2.08. The molecule has 1 N–H and O–H groups in total. The molecule has 3 heteroatoms. The van der Waals surface area contributed by atoms with E-state index in [1.54, 1.807) is 18.4 Å². The van der Waals surface area contributed by atoms with E-state index >= 15 is 0 Å². The van der Waals surface area contributed by atoms with Gasteiger partial charge >= 0.3 is 0 Å². The summed E-state index contributed by atoms with van der Waals surface area (Å²) in [5, 5.41) is 3.70. The van der Waals surface area contributed by atoms with Crippen molar-refractivity contribution in [1.29, 1.82) is 0 Å². The van der Waals surface area contributed by atoms with Crippen LogP contribution in [-0.2, 0) is 6.42 Å². The number of rotatable bonds is 4. The minimum atomic E-state index is -0.194. The van der Waals surface area contributed by atoms with Gasteiger partial charge in [0.15, 0.2) is 0 Å². The minimum absolute atomic E-state index is 0.194. The molecule has 0 saturated carbocycles. The first-order valence-electron chi connectivity index (χ1n) is 5.12. The van der Waals surface area contributed by atoms with Crippen molar-refractivity contribution in [1.82, 2.24) is 5.32 Å². The Labute approximate surface area is 88.1 Å². The molecule has 2 rings (SSSR count). The molecule has 0 unspecified atom stereocenters. The van der Waals surface area contributed by atoms with Crippen LogP contribution in [0.25, 0.3) is 11.0 Å². The van der Waals surface area contributed by atoms with E-state index in [0.717, 1.165) is 24.9 Å². The minimum Gasteiger partial charge on any atom is -0.464 e. The van der Waals surface area contributed by atoms with Crippen molar-refractivity contribution in [2.24, 2.45) is 0 Å². The number of fused-ring (bicyclic) bond motifs is 1. The highest BCUT2D eigenvalue weighted by atomic mass is 19.1. The SMILES string of the molecule is CNCCCc1coc2cccc(F)c12. The molecular formula is C12H14FNO. The Bertz CT molecular complexity index is 450. The molecule has 0 bridgehead atoms. The second-order valence-electron chi connectivity index (χ2n) is 3.58. The van der Waals surface area contributed by atoms with Gasteiger partial charge in [-0.25, -0.2) is 4.39 Å². The Morgan fingerprint density at radius 3 is 3.07 bits per heavy atom. The number of benzene rings is 1. The van der Waals surface area contributed by atoms with Crippen LogP contribution in [0.5, 0.6) is 0 Å². The molecular weight excluding hydrogens is 193 g/mol. The highest BCUT2D eigenvalue weighted by Gasteiger charge is 2.09. The molecule has 0 aliphatic heterocycles. The van der Waals surface area contributed by atoms with Crippen LogP contribution < -0.4 is 5.32 Å². The molecule has 1 aromatic carbocycles. The molecule has 0 spiro atoms. The van der Waals surface area contributed by atoms with Crippen LogP contribution in [0.2, 0.25) is 0 Å². The number of hydrogen-bond acceptors (Lipinski definition) is 2. The predicted octanol–water partition coefficient (Wildman–Crippen LogP) is 2.72. The van der Waals surface area contributed by atoms with Crippen LogP contribution in [-0.4, -0.2) is 13.6 Å². The zero-order chi connectivity index (χ0) is 10.7. The number of nitrogens with one attached hydrogen (secondary N) is 1. The zero-order valence-corrected chi connectivity index (χ0v) is 8.72. The van der Waals surface area contributed by atoms with Crippen molar-refractivity contribution >= 4 is 11.0 Å². The fourth-order valence-electron chi connectivity index (χ4n) is 1.75. The molecule has 0 aliphatic carbocycles. The van der Waals surface area contributed by atoms with E-state index in [1.165, 1.54) is 6.07 Å². The lowest BCUT2D eigenvalue weighted by Gasteiger charge is -1.98. The van der Waals surface area contributed by atoms with Gasteiger partial charge in [-0.3, -0.25) is 0 Å². The average molecular weight is 207 g/mol. The summed E-state index contributed by atoms with van der Waals surface area (Å²) in [4.78, 5) is 0. The van der Waals surface area contributed by atoms with Gasteiger partial charge in [0.1, 0.15) is 11.4 Å². The third kappa shape index (κ3) is 2.02. The number of halogens is 1. The standard InChI is InChI=1S/C12H14FNO/c1-14-7-3-4-9-8-15-11-6-2-5-10(13)12(9)11/h2,5-6,8,14H,3-4,7H2,1H3. The highest BCUT2D eigenvalue weighted by Crippen LogP contribution is 2.24. The van der Waals surface area contributed by atoms with E-state index in [-0.39, 0.29) is 5.82 Å². The van der Waals surface area contributed by atoms with Gasteiger partial charge in [0.25, 0.3) is 0 Å². The van der Waals surface area contributed by atoms with Crippen LogP contribution in [0.4, 0.5) is 4.39 Å². The molecule has 0 aliphatic rings. The quantitative estimate of drug-likeness (QED) is 0.780. The average Bonchev–Trinajstić information content (AvgIpc) is 2.63. The predicted molar refractivity (Wildman–Crippen MR) is 58.4 cm³/mol. The van der Waals surface area contributed by atoms with Crippen LogP contribution in [0.15, 0.2) is 28.9 Å². The Hall–Kier alpha value is -1.35. The van der Waals surface area contributed by atoms with Crippen molar-refractivity contribution < 1.29 is 8.81 Å². The van der Waals surface area contributed by atoms with Gasteiger partial charge in [-0.05, 0) is 38.6 Å². The third-order valence-electron chi connectivity index (χ3n) is 2.50. The van der Waals surface area contributed by atoms with Gasteiger partial charge in [-0.15, -0.1) is 0 Å². The Morgan fingerprint density at radius 1 is 1.40 bits per heavy atom. The van der Waals surface area contributed by atoms with Crippen molar-refractivity contribution in [3.8, 4) is 0 Å². The van der Waals surface area contributed by atoms with Gasteiger partial charge < -0.3 is 9.73 Å². The molecule has 15 heavy (non-hydrogen) atoms. The zero-order valence-electron chi connectivity index (χ0n) is 8.72. The third-order valence-corrected chi connectivity index (χ3v) is 2.50. The van der Waals surface area contributed by atoms with Crippen LogP contribution in [0.1, 0.15) is 12.0 Å². The summed E-state index contributed by atoms with van der Waals surface area (Å²) in [6, 6.07) is 4.93. The van der Waals surface area contributed by atoms with Crippen molar-refractivity contribution in [3.63, 3.8) is 0 Å². The molecule has 1 aromatic heterocycles. The maximum atomic E-state index is 13.5. The van der Waals surface area contributed by atoms with E-state index in [4.69, 9.17) is 4.42 Å². The van der Waals surface area contributed by atoms with Gasteiger partial charge in [-0.1, -0.05) is 6.07 Å². The summed E-state index contributed by atoms with van der Waals surface area (Å²) in [6.45, 7) is 0.932. The highest BCUT2D eigenvalue weighted by molar-refractivity contribution is 5.81. The molecule has 0 amide bonds. The maximum Gasteiger partial charge on any atom is 0.137 e. The van der Waals surface area contributed by atoms with Crippen LogP contribution in [0, 0.1) is 5.82 Å². The summed E-state index contributed by atoms with van der Waals surface area (Å²) in [6.07, 6.45) is 3.48. The lowest BCUT2D eigenvalue weighted by atomic mass is 10.1. The molecule has 1 heterocycles. The summed E-state index contributed by atoms with van der Waals surface area (Å²) < 4.78 is 18.8. The first-order valence-corrected chi connectivity index (χ1v) is 5.12. The first-order chi connectivity index (χ1) is 7.33. The van der Waals surface area contributed by atoms with E-state index in [1.807, 2.05) is 7.05 Å². The summed E-state index contributed by atoms with van der Waals surface area (Å²) in [5.74, 6) is -0.194. The van der Waals surface area contributed by atoms with Gasteiger partial charge in [-0.2, -0.15) is 0 Å². The molecule has 80 valence electrons. The Kier molecular flexibility index (Phi) is 3.02. The second-order valence-corrected chi connectivity index (χ2v) is 3.58. The molecule has 0 atom stereocenters. The summed E-state index contributed by atoms with van der Waals surface area (Å²) >= 11 is 0. The molecule has 0 saturated heterocycles. The lowest BCUT2D eigenvalue weighted by molar-refractivity contribution is 0.605. The Balaban J connectivity index is 2.27. The molecule has 0 fully saturated rings. The number of furan rings is 1. The van der Waals surface area contributed by atoms with E-state index in [9.17, 15) is 4.39 Å². The fraction of sp³-hybridized carbons (Fsp3) is 0.333. The summed E-state index contributed by atoms with van der Waals surface area (Å²) in [5.41, 5.74) is 1.59. The van der Waals surface area contributed by atoms with Crippen molar-refractivity contribution in [3.05, 3.63) is 35.8 Å². The molecule has 2 aromatic rings. The normalized spacial score (nSPS) is 11.1. The van der Waals surface area contributed by atoms with Crippen LogP contribution >= 0.6 is 0 Å². The maximum absolute atomic E-state index is 13.5.